The Labute approximate surface area is 75.1 Å². The number of rotatable bonds is 1. The number of cyclic esters (lactones) is 1. The van der Waals surface area contributed by atoms with Gasteiger partial charge in [-0.25, -0.2) is 4.79 Å². The molecule has 68 valence electrons. The topological polar surface area (TPSA) is 64.1 Å². The van der Waals surface area contributed by atoms with E-state index in [4.69, 9.17) is 4.74 Å². The third-order valence-electron chi connectivity index (χ3n) is 2.00. The highest BCUT2D eigenvalue weighted by Gasteiger charge is 2.37. The molecule has 13 heavy (non-hydrogen) atoms. The van der Waals surface area contributed by atoms with Gasteiger partial charge < -0.3 is 10.1 Å². The molecule has 1 amide bonds. The van der Waals surface area contributed by atoms with Gasteiger partial charge in [0.2, 0.25) is 0 Å². The lowest BCUT2D eigenvalue weighted by atomic mass is 10.0. The highest BCUT2D eigenvalue weighted by molar-refractivity contribution is 5.70. The van der Waals surface area contributed by atoms with Gasteiger partial charge >= 0.3 is 6.09 Å². The van der Waals surface area contributed by atoms with Crippen LogP contribution < -0.4 is 5.32 Å². The number of aromatic nitrogens is 2. The van der Waals surface area contributed by atoms with Gasteiger partial charge in [0.15, 0.2) is 0 Å². The second-order valence-electron chi connectivity index (χ2n) is 3.12. The molecule has 0 aromatic carbocycles. The molecule has 1 aromatic rings. The average molecular weight is 179 g/mol. The third kappa shape index (κ3) is 1.32. The lowest BCUT2D eigenvalue weighted by Gasteiger charge is -2.18. The van der Waals surface area contributed by atoms with Crippen molar-refractivity contribution in [2.24, 2.45) is 0 Å². The average Bonchev–Trinajstić information content (AvgIpc) is 2.49. The van der Waals surface area contributed by atoms with Gasteiger partial charge in [0, 0.05) is 12.4 Å². The summed E-state index contributed by atoms with van der Waals surface area (Å²) in [5.74, 6) is 0. The molecule has 0 radical (unpaired) electrons. The van der Waals surface area contributed by atoms with Crippen LogP contribution in [0.15, 0.2) is 18.6 Å². The zero-order valence-corrected chi connectivity index (χ0v) is 7.15. The molecule has 2 rings (SSSR count). The monoisotopic (exact) mass is 179 g/mol. The number of alkyl carbamates (subject to hydrolysis) is 1. The number of carbonyl (C=O) groups is 1. The van der Waals surface area contributed by atoms with Crippen LogP contribution in [0.5, 0.6) is 0 Å². The van der Waals surface area contributed by atoms with E-state index in [1.807, 2.05) is 6.92 Å². The van der Waals surface area contributed by atoms with Crippen LogP contribution in [-0.2, 0) is 10.3 Å². The van der Waals surface area contributed by atoms with Gasteiger partial charge in [-0.15, -0.1) is 0 Å². The van der Waals surface area contributed by atoms with E-state index in [2.05, 4.69) is 15.3 Å². The predicted octanol–water partition coefficient (Wildman–Crippen LogP) is 0.432. The maximum absolute atomic E-state index is 10.9. The Morgan fingerprint density at radius 1 is 1.62 bits per heavy atom. The maximum atomic E-state index is 10.9. The van der Waals surface area contributed by atoms with Gasteiger partial charge in [0.1, 0.15) is 12.1 Å². The first kappa shape index (κ1) is 7.97. The number of hydrogen-bond donors (Lipinski definition) is 1. The first-order valence-corrected chi connectivity index (χ1v) is 3.92. The SMILES string of the molecule is CC1(c2cnccn2)COC(=O)N1. The first-order chi connectivity index (χ1) is 6.21. The number of nitrogens with zero attached hydrogens (tertiary/aromatic N) is 2. The lowest BCUT2D eigenvalue weighted by Crippen LogP contribution is -2.38. The van der Waals surface area contributed by atoms with Gasteiger partial charge in [-0.05, 0) is 6.92 Å². The van der Waals surface area contributed by atoms with Crippen molar-refractivity contribution in [2.75, 3.05) is 6.61 Å². The molecule has 0 bridgehead atoms. The molecule has 1 aliphatic heterocycles. The van der Waals surface area contributed by atoms with Crippen molar-refractivity contribution >= 4 is 6.09 Å². The van der Waals surface area contributed by atoms with E-state index in [0.29, 0.717) is 12.3 Å². The molecule has 1 saturated heterocycles. The smallest absolute Gasteiger partial charge is 0.408 e. The van der Waals surface area contributed by atoms with Crippen molar-refractivity contribution in [1.29, 1.82) is 0 Å². The molecule has 1 N–H and O–H groups in total. The number of ether oxygens (including phenoxy) is 1. The summed E-state index contributed by atoms with van der Waals surface area (Å²) >= 11 is 0. The zero-order chi connectivity index (χ0) is 9.31. The fourth-order valence-corrected chi connectivity index (χ4v) is 1.23. The molecule has 2 heterocycles. The Kier molecular flexibility index (Phi) is 1.65. The lowest BCUT2D eigenvalue weighted by molar-refractivity contribution is 0.173. The first-order valence-electron chi connectivity index (χ1n) is 3.92. The van der Waals surface area contributed by atoms with Gasteiger partial charge in [-0.1, -0.05) is 0 Å². The minimum Gasteiger partial charge on any atom is -0.447 e. The Morgan fingerprint density at radius 2 is 2.46 bits per heavy atom. The van der Waals surface area contributed by atoms with E-state index < -0.39 is 11.6 Å². The van der Waals surface area contributed by atoms with E-state index in [0.717, 1.165) is 0 Å². The summed E-state index contributed by atoms with van der Waals surface area (Å²) in [6, 6.07) is 0. The number of carbonyl (C=O) groups excluding carboxylic acids is 1. The van der Waals surface area contributed by atoms with E-state index >= 15 is 0 Å². The van der Waals surface area contributed by atoms with Crippen LogP contribution in [-0.4, -0.2) is 22.7 Å². The van der Waals surface area contributed by atoms with E-state index in [1.54, 1.807) is 18.6 Å². The van der Waals surface area contributed by atoms with Gasteiger partial charge in [0.25, 0.3) is 0 Å². The molecular weight excluding hydrogens is 170 g/mol. The summed E-state index contributed by atoms with van der Waals surface area (Å²) in [4.78, 5) is 18.9. The normalized spacial score (nSPS) is 26.7. The fraction of sp³-hybridized carbons (Fsp3) is 0.375. The molecule has 0 spiro atoms. The number of hydrogen-bond acceptors (Lipinski definition) is 4. The maximum Gasteiger partial charge on any atom is 0.408 e. The number of amides is 1. The third-order valence-corrected chi connectivity index (χ3v) is 2.00. The van der Waals surface area contributed by atoms with E-state index in [9.17, 15) is 4.79 Å². The Morgan fingerprint density at radius 3 is 3.00 bits per heavy atom. The van der Waals surface area contributed by atoms with Crippen molar-refractivity contribution in [3.63, 3.8) is 0 Å². The summed E-state index contributed by atoms with van der Waals surface area (Å²) in [6.45, 7) is 2.15. The molecule has 1 aromatic heterocycles. The minimum atomic E-state index is -0.536. The van der Waals surface area contributed by atoms with Crippen LogP contribution in [0.3, 0.4) is 0 Å². The van der Waals surface area contributed by atoms with Crippen LogP contribution in [0.25, 0.3) is 0 Å². The Balaban J connectivity index is 2.31. The largest absolute Gasteiger partial charge is 0.447 e. The molecule has 5 heteroatoms. The standard InChI is InChI=1S/C8H9N3O2/c1-8(5-13-7(12)11-8)6-4-9-2-3-10-6/h2-4H,5H2,1H3,(H,11,12). The van der Waals surface area contributed by atoms with Crippen LogP contribution >= 0.6 is 0 Å². The minimum absolute atomic E-state index is 0.296. The van der Waals surface area contributed by atoms with Crippen LogP contribution in [0, 0.1) is 0 Å². The highest BCUT2D eigenvalue weighted by atomic mass is 16.6. The van der Waals surface area contributed by atoms with Gasteiger partial charge in [0.05, 0.1) is 11.9 Å². The summed E-state index contributed by atoms with van der Waals surface area (Å²) in [5.41, 5.74) is 0.173. The Hall–Kier alpha value is -1.65. The fourth-order valence-electron chi connectivity index (χ4n) is 1.23. The summed E-state index contributed by atoms with van der Waals surface area (Å²) < 4.78 is 4.81. The quantitative estimate of drug-likeness (QED) is 0.679. The predicted molar refractivity (Wildman–Crippen MR) is 43.9 cm³/mol. The van der Waals surface area contributed by atoms with Crippen molar-refractivity contribution < 1.29 is 9.53 Å². The summed E-state index contributed by atoms with van der Waals surface area (Å²) in [7, 11) is 0. The zero-order valence-electron chi connectivity index (χ0n) is 7.15. The molecular formula is C8H9N3O2. The second kappa shape index (κ2) is 2.69. The molecule has 1 fully saturated rings. The van der Waals surface area contributed by atoms with Crippen molar-refractivity contribution in [3.8, 4) is 0 Å². The van der Waals surface area contributed by atoms with Crippen LogP contribution in [0.2, 0.25) is 0 Å². The second-order valence-corrected chi connectivity index (χ2v) is 3.12. The van der Waals surface area contributed by atoms with Gasteiger partial charge in [-0.2, -0.15) is 0 Å². The molecule has 0 aliphatic carbocycles. The van der Waals surface area contributed by atoms with Crippen molar-refractivity contribution in [2.45, 2.75) is 12.5 Å². The molecule has 5 nitrogen and oxygen atoms in total. The highest BCUT2D eigenvalue weighted by Crippen LogP contribution is 2.22. The summed E-state index contributed by atoms with van der Waals surface area (Å²) in [5, 5.41) is 2.68. The molecule has 1 aliphatic rings. The van der Waals surface area contributed by atoms with Crippen LogP contribution in [0.1, 0.15) is 12.6 Å². The molecule has 1 atom stereocenters. The van der Waals surface area contributed by atoms with Crippen molar-refractivity contribution in [3.05, 3.63) is 24.3 Å². The molecule has 1 unspecified atom stereocenters. The Bertz CT molecular complexity index is 327. The summed E-state index contributed by atoms with van der Waals surface area (Å²) in [6.07, 6.45) is 4.39. The molecule has 0 saturated carbocycles. The number of nitrogens with one attached hydrogen (secondary N) is 1. The van der Waals surface area contributed by atoms with Gasteiger partial charge in [-0.3, -0.25) is 9.97 Å². The van der Waals surface area contributed by atoms with Crippen molar-refractivity contribution in [1.82, 2.24) is 15.3 Å². The van der Waals surface area contributed by atoms with E-state index in [1.165, 1.54) is 0 Å². The van der Waals surface area contributed by atoms with E-state index in [-0.39, 0.29) is 0 Å². The van der Waals surface area contributed by atoms with Crippen LogP contribution in [0.4, 0.5) is 4.79 Å².